The largest absolute Gasteiger partial charge is 0.397 e. The number of para-hydroxylation sites is 1. The van der Waals surface area contributed by atoms with Gasteiger partial charge in [-0.2, -0.15) is 5.26 Å². The Morgan fingerprint density at radius 3 is 3.05 bits per heavy atom. The van der Waals surface area contributed by atoms with Gasteiger partial charge in [0.05, 0.1) is 11.3 Å². The molecule has 0 aliphatic rings. The van der Waals surface area contributed by atoms with E-state index in [1.54, 1.807) is 22.8 Å². The fourth-order valence-corrected chi connectivity index (χ4v) is 2.57. The summed E-state index contributed by atoms with van der Waals surface area (Å²) in [4.78, 5) is 12.3. The van der Waals surface area contributed by atoms with Gasteiger partial charge in [0.25, 0.3) is 0 Å². The van der Waals surface area contributed by atoms with Gasteiger partial charge in [-0.05, 0) is 30.3 Å². The lowest BCUT2D eigenvalue weighted by Gasteiger charge is -2.06. The highest BCUT2D eigenvalue weighted by Gasteiger charge is 2.12. The van der Waals surface area contributed by atoms with Gasteiger partial charge in [-0.3, -0.25) is 4.57 Å². The maximum Gasteiger partial charge on any atom is 0.343 e. The van der Waals surface area contributed by atoms with Crippen LogP contribution in [0.2, 0.25) is 0 Å². The Hall–Kier alpha value is -2.20. The van der Waals surface area contributed by atoms with Crippen molar-refractivity contribution in [3.8, 4) is 6.07 Å². The molecule has 0 aliphatic heterocycles. The van der Waals surface area contributed by atoms with Crippen LogP contribution in [0.5, 0.6) is 0 Å². The molecule has 3 N–H and O–H groups in total. The van der Waals surface area contributed by atoms with Crippen LogP contribution in [0.3, 0.4) is 0 Å². The summed E-state index contributed by atoms with van der Waals surface area (Å²) < 4.78 is 1.56. The van der Waals surface area contributed by atoms with E-state index in [-0.39, 0.29) is 5.69 Å². The molecule has 1 aromatic heterocycles. The predicted octanol–water partition coefficient (Wildman–Crippen LogP) is 1.59. The van der Waals surface area contributed by atoms with Gasteiger partial charge in [0.15, 0.2) is 5.16 Å². The number of H-pyrrole nitrogens is 1. The number of nitrogens with one attached hydrogen (secondary N) is 1. The summed E-state index contributed by atoms with van der Waals surface area (Å²) in [7, 11) is 0. The van der Waals surface area contributed by atoms with Crippen molar-refractivity contribution in [3.63, 3.8) is 0 Å². The van der Waals surface area contributed by atoms with Crippen LogP contribution in [-0.4, -0.2) is 14.8 Å². The van der Waals surface area contributed by atoms with E-state index in [9.17, 15) is 4.79 Å². The Morgan fingerprint density at radius 1 is 1.58 bits per heavy atom. The van der Waals surface area contributed by atoms with Gasteiger partial charge in [-0.15, -0.1) is 5.10 Å². The standard InChI is InChI=1S/C12H13N5OS/c1-2-6-17-11(18)15-16-12(17)19-9-5-3-4-8(7-13)10(9)14/h3-5H,2,6,14H2,1H3,(H,15,18). The van der Waals surface area contributed by atoms with Crippen LogP contribution in [0.15, 0.2) is 33.0 Å². The van der Waals surface area contributed by atoms with E-state index < -0.39 is 0 Å². The molecule has 0 saturated carbocycles. The highest BCUT2D eigenvalue weighted by atomic mass is 32.2. The quantitative estimate of drug-likeness (QED) is 0.825. The van der Waals surface area contributed by atoms with E-state index in [1.807, 2.05) is 13.0 Å². The molecule has 0 amide bonds. The van der Waals surface area contributed by atoms with Gasteiger partial charge >= 0.3 is 5.69 Å². The van der Waals surface area contributed by atoms with Crippen LogP contribution in [-0.2, 0) is 6.54 Å². The first kappa shape index (κ1) is 13.2. The van der Waals surface area contributed by atoms with Crippen molar-refractivity contribution in [2.24, 2.45) is 0 Å². The van der Waals surface area contributed by atoms with Crippen molar-refractivity contribution in [2.75, 3.05) is 5.73 Å². The lowest BCUT2D eigenvalue weighted by atomic mass is 10.2. The molecular weight excluding hydrogens is 262 g/mol. The maximum atomic E-state index is 11.6. The van der Waals surface area contributed by atoms with Crippen molar-refractivity contribution >= 4 is 17.4 Å². The molecule has 1 heterocycles. The number of hydrogen-bond donors (Lipinski definition) is 2. The summed E-state index contributed by atoms with van der Waals surface area (Å²) in [6.07, 6.45) is 0.834. The molecule has 0 unspecified atom stereocenters. The molecule has 0 fully saturated rings. The van der Waals surface area contributed by atoms with Crippen molar-refractivity contribution in [1.29, 1.82) is 5.26 Å². The zero-order valence-electron chi connectivity index (χ0n) is 10.4. The van der Waals surface area contributed by atoms with Gasteiger partial charge in [0.2, 0.25) is 0 Å². The first-order valence-electron chi connectivity index (χ1n) is 5.79. The van der Waals surface area contributed by atoms with E-state index >= 15 is 0 Å². The number of nitrogens with zero attached hydrogens (tertiary/aromatic N) is 3. The molecule has 2 aromatic rings. The average Bonchev–Trinajstić information content (AvgIpc) is 2.74. The monoisotopic (exact) mass is 275 g/mol. The number of rotatable bonds is 4. The van der Waals surface area contributed by atoms with E-state index in [2.05, 4.69) is 10.2 Å². The summed E-state index contributed by atoms with van der Waals surface area (Å²) in [5.74, 6) is 0. The van der Waals surface area contributed by atoms with Gasteiger partial charge in [0.1, 0.15) is 6.07 Å². The molecular formula is C12H13N5OS. The minimum Gasteiger partial charge on any atom is -0.397 e. The lowest BCUT2D eigenvalue weighted by molar-refractivity contribution is 0.604. The first-order chi connectivity index (χ1) is 9.17. The minimum absolute atomic E-state index is 0.237. The molecule has 6 nitrogen and oxygen atoms in total. The molecule has 0 aliphatic carbocycles. The number of hydrogen-bond acceptors (Lipinski definition) is 5. The molecule has 1 aromatic carbocycles. The third-order valence-corrected chi connectivity index (χ3v) is 3.63. The summed E-state index contributed by atoms with van der Waals surface area (Å²) >= 11 is 1.28. The molecule has 7 heteroatoms. The van der Waals surface area contributed by atoms with Gasteiger partial charge in [0, 0.05) is 11.4 Å². The molecule has 98 valence electrons. The maximum absolute atomic E-state index is 11.6. The van der Waals surface area contributed by atoms with Crippen LogP contribution < -0.4 is 11.4 Å². The topological polar surface area (TPSA) is 100 Å². The molecule has 0 bridgehead atoms. The van der Waals surface area contributed by atoms with Gasteiger partial charge in [-0.1, -0.05) is 13.0 Å². The first-order valence-corrected chi connectivity index (χ1v) is 6.60. The van der Waals surface area contributed by atoms with Crippen LogP contribution in [0.4, 0.5) is 5.69 Å². The molecule has 0 saturated heterocycles. The Bertz CT molecular complexity index is 682. The number of aromatic nitrogens is 3. The number of nitriles is 1. The second-order valence-corrected chi connectivity index (χ2v) is 4.90. The third-order valence-electron chi connectivity index (χ3n) is 2.56. The fraction of sp³-hybridized carbons (Fsp3) is 0.250. The van der Waals surface area contributed by atoms with Crippen molar-refractivity contribution < 1.29 is 0 Å². The second-order valence-electron chi connectivity index (χ2n) is 3.89. The zero-order valence-corrected chi connectivity index (χ0v) is 11.2. The highest BCUT2D eigenvalue weighted by molar-refractivity contribution is 7.99. The number of aromatic amines is 1. The normalized spacial score (nSPS) is 10.3. The van der Waals surface area contributed by atoms with Crippen molar-refractivity contribution in [3.05, 3.63) is 34.2 Å². The van der Waals surface area contributed by atoms with E-state index in [0.717, 1.165) is 11.3 Å². The highest BCUT2D eigenvalue weighted by Crippen LogP contribution is 2.31. The van der Waals surface area contributed by atoms with Crippen molar-refractivity contribution in [2.45, 2.75) is 29.9 Å². The third kappa shape index (κ3) is 2.63. The SMILES string of the molecule is CCCn1c(Sc2cccc(C#N)c2N)n[nH]c1=O. The van der Waals surface area contributed by atoms with Crippen LogP contribution in [0, 0.1) is 11.3 Å². The fourth-order valence-electron chi connectivity index (χ4n) is 1.63. The zero-order chi connectivity index (χ0) is 13.8. The van der Waals surface area contributed by atoms with Gasteiger partial charge in [-0.25, -0.2) is 9.89 Å². The summed E-state index contributed by atoms with van der Waals surface area (Å²) in [6, 6.07) is 7.25. The lowest BCUT2D eigenvalue weighted by Crippen LogP contribution is -2.17. The molecule has 2 rings (SSSR count). The van der Waals surface area contributed by atoms with E-state index in [0.29, 0.717) is 23.0 Å². The smallest absolute Gasteiger partial charge is 0.343 e. The average molecular weight is 275 g/mol. The Morgan fingerprint density at radius 2 is 2.37 bits per heavy atom. The van der Waals surface area contributed by atoms with Crippen LogP contribution >= 0.6 is 11.8 Å². The summed E-state index contributed by atoms with van der Waals surface area (Å²) in [5, 5.41) is 15.9. The summed E-state index contributed by atoms with van der Waals surface area (Å²) in [5.41, 5.74) is 6.50. The molecule has 0 radical (unpaired) electrons. The Kier molecular flexibility index (Phi) is 3.92. The minimum atomic E-state index is -0.237. The van der Waals surface area contributed by atoms with E-state index in [4.69, 9.17) is 11.0 Å². The van der Waals surface area contributed by atoms with Crippen molar-refractivity contribution in [1.82, 2.24) is 14.8 Å². The molecule has 19 heavy (non-hydrogen) atoms. The number of nitrogen functional groups attached to an aromatic ring is 1. The van der Waals surface area contributed by atoms with Crippen LogP contribution in [0.25, 0.3) is 0 Å². The Balaban J connectivity index is 2.37. The summed E-state index contributed by atoms with van der Waals surface area (Å²) in [6.45, 7) is 2.58. The number of benzene rings is 1. The second kappa shape index (κ2) is 5.63. The molecule has 0 atom stereocenters. The Labute approximate surface area is 114 Å². The van der Waals surface area contributed by atoms with Crippen LogP contribution in [0.1, 0.15) is 18.9 Å². The van der Waals surface area contributed by atoms with Gasteiger partial charge < -0.3 is 5.73 Å². The number of nitrogens with two attached hydrogens (primary N) is 1. The number of anilines is 1. The molecule has 0 spiro atoms. The van der Waals surface area contributed by atoms with E-state index in [1.165, 1.54) is 11.8 Å². The predicted molar refractivity (Wildman–Crippen MR) is 72.8 cm³/mol.